The van der Waals surface area contributed by atoms with Crippen molar-refractivity contribution < 1.29 is 0 Å². The molecular formula is C9H17N3. The Morgan fingerprint density at radius 1 is 1.58 bits per heavy atom. The van der Waals surface area contributed by atoms with Crippen molar-refractivity contribution in [3.63, 3.8) is 0 Å². The first-order valence-corrected chi connectivity index (χ1v) is 4.53. The summed E-state index contributed by atoms with van der Waals surface area (Å²) in [5.41, 5.74) is 0. The number of nitriles is 1. The lowest BCUT2D eigenvalue weighted by Crippen LogP contribution is -2.32. The third-order valence-corrected chi connectivity index (χ3v) is 2.04. The van der Waals surface area contributed by atoms with Crippen LogP contribution in [0.4, 0.5) is 0 Å². The van der Waals surface area contributed by atoms with Gasteiger partial charge in [0.05, 0.1) is 12.1 Å². The number of nitrogens with zero attached hydrogens (tertiary/aromatic N) is 2. The summed E-state index contributed by atoms with van der Waals surface area (Å²) >= 11 is 0. The molecule has 0 aromatic rings. The van der Waals surface area contributed by atoms with Crippen LogP contribution in [0, 0.1) is 11.3 Å². The highest BCUT2D eigenvalue weighted by Crippen LogP contribution is 2.19. The van der Waals surface area contributed by atoms with Crippen LogP contribution in [0.1, 0.15) is 19.3 Å². The first kappa shape index (κ1) is 9.50. The average molecular weight is 167 g/mol. The van der Waals surface area contributed by atoms with Crippen LogP contribution in [0.2, 0.25) is 0 Å². The molecule has 0 aromatic carbocycles. The molecule has 1 fully saturated rings. The van der Waals surface area contributed by atoms with Crippen LogP contribution >= 0.6 is 0 Å². The van der Waals surface area contributed by atoms with Crippen LogP contribution in [0.3, 0.4) is 0 Å². The highest BCUT2D eigenvalue weighted by molar-refractivity contribution is 4.95. The summed E-state index contributed by atoms with van der Waals surface area (Å²) in [4.78, 5) is 2.11. The molecule has 1 N–H and O–H groups in total. The fourth-order valence-electron chi connectivity index (χ4n) is 1.11. The molecule has 0 aromatic heterocycles. The molecule has 1 saturated carbocycles. The van der Waals surface area contributed by atoms with Gasteiger partial charge in [-0.2, -0.15) is 5.26 Å². The molecule has 0 heterocycles. The third-order valence-electron chi connectivity index (χ3n) is 2.04. The number of hydrogen-bond acceptors (Lipinski definition) is 3. The highest BCUT2D eigenvalue weighted by atomic mass is 15.1. The van der Waals surface area contributed by atoms with Gasteiger partial charge in [0.2, 0.25) is 0 Å². The second kappa shape index (κ2) is 4.44. The van der Waals surface area contributed by atoms with E-state index < -0.39 is 0 Å². The molecule has 1 unspecified atom stereocenters. The Hall–Kier alpha value is -0.590. The maximum Gasteiger partial charge on any atom is 0.0967 e. The molecule has 3 nitrogen and oxygen atoms in total. The van der Waals surface area contributed by atoms with E-state index in [1.165, 1.54) is 12.8 Å². The Bertz CT molecular complexity index is 167. The lowest BCUT2D eigenvalue weighted by molar-refractivity contribution is 0.378. The Morgan fingerprint density at radius 2 is 2.25 bits per heavy atom. The van der Waals surface area contributed by atoms with Crippen molar-refractivity contribution in [3.8, 4) is 6.07 Å². The second-order valence-corrected chi connectivity index (χ2v) is 3.71. The molecule has 0 aliphatic heterocycles. The zero-order chi connectivity index (χ0) is 8.97. The summed E-state index contributed by atoms with van der Waals surface area (Å²) < 4.78 is 0. The van der Waals surface area contributed by atoms with Crippen molar-refractivity contribution in [2.24, 2.45) is 0 Å². The van der Waals surface area contributed by atoms with E-state index >= 15 is 0 Å². The molecule has 1 rings (SSSR count). The summed E-state index contributed by atoms with van der Waals surface area (Å²) in [6.45, 7) is 0.984. The van der Waals surface area contributed by atoms with Crippen molar-refractivity contribution >= 4 is 0 Å². The number of rotatable bonds is 5. The van der Waals surface area contributed by atoms with E-state index in [0.29, 0.717) is 6.04 Å². The largest absolute Gasteiger partial charge is 0.309 e. The van der Waals surface area contributed by atoms with Gasteiger partial charge in [-0.05, 0) is 33.4 Å². The zero-order valence-electron chi connectivity index (χ0n) is 7.88. The summed E-state index contributed by atoms with van der Waals surface area (Å²) in [5.74, 6) is 0. The van der Waals surface area contributed by atoms with Gasteiger partial charge in [0.15, 0.2) is 0 Å². The fraction of sp³-hybridized carbons (Fsp3) is 0.889. The topological polar surface area (TPSA) is 39.1 Å². The van der Waals surface area contributed by atoms with Gasteiger partial charge in [0.25, 0.3) is 0 Å². The first-order chi connectivity index (χ1) is 5.72. The van der Waals surface area contributed by atoms with Gasteiger partial charge >= 0.3 is 0 Å². The average Bonchev–Trinajstić information content (AvgIpc) is 2.81. The van der Waals surface area contributed by atoms with Gasteiger partial charge < -0.3 is 4.90 Å². The minimum atomic E-state index is 0.0555. The Morgan fingerprint density at radius 3 is 2.67 bits per heavy atom. The van der Waals surface area contributed by atoms with E-state index in [-0.39, 0.29) is 6.04 Å². The van der Waals surface area contributed by atoms with Crippen LogP contribution in [0.15, 0.2) is 0 Å². The van der Waals surface area contributed by atoms with Crippen LogP contribution in [0.25, 0.3) is 0 Å². The number of nitrogens with one attached hydrogen (secondary N) is 1. The molecule has 1 aliphatic rings. The molecule has 3 heteroatoms. The Kier molecular flexibility index (Phi) is 3.51. The van der Waals surface area contributed by atoms with Crippen molar-refractivity contribution in [2.75, 3.05) is 20.6 Å². The van der Waals surface area contributed by atoms with Crippen LogP contribution in [-0.2, 0) is 0 Å². The quantitative estimate of drug-likeness (QED) is 0.651. The Balaban J connectivity index is 2.12. The van der Waals surface area contributed by atoms with Crippen LogP contribution in [0.5, 0.6) is 0 Å². The van der Waals surface area contributed by atoms with Crippen molar-refractivity contribution in [2.45, 2.75) is 31.3 Å². The van der Waals surface area contributed by atoms with E-state index in [2.05, 4.69) is 16.3 Å². The summed E-state index contributed by atoms with van der Waals surface area (Å²) in [6, 6.07) is 2.98. The fourth-order valence-corrected chi connectivity index (χ4v) is 1.11. The van der Waals surface area contributed by atoms with E-state index in [9.17, 15) is 0 Å². The van der Waals surface area contributed by atoms with Gasteiger partial charge in [0.1, 0.15) is 0 Å². The predicted molar refractivity (Wildman–Crippen MR) is 48.7 cm³/mol. The van der Waals surface area contributed by atoms with E-state index in [4.69, 9.17) is 5.26 Å². The zero-order valence-corrected chi connectivity index (χ0v) is 7.88. The van der Waals surface area contributed by atoms with Gasteiger partial charge in [-0.1, -0.05) is 0 Å². The van der Waals surface area contributed by atoms with Gasteiger partial charge in [0, 0.05) is 12.6 Å². The van der Waals surface area contributed by atoms with E-state index in [1.54, 1.807) is 0 Å². The third kappa shape index (κ3) is 3.70. The lowest BCUT2D eigenvalue weighted by Gasteiger charge is -2.13. The normalized spacial score (nSPS) is 19.2. The highest BCUT2D eigenvalue weighted by Gasteiger charge is 2.24. The lowest BCUT2D eigenvalue weighted by atomic mass is 10.2. The Labute approximate surface area is 74.4 Å². The molecule has 0 radical (unpaired) electrons. The molecule has 68 valence electrons. The van der Waals surface area contributed by atoms with Crippen molar-refractivity contribution in [3.05, 3.63) is 0 Å². The van der Waals surface area contributed by atoms with Gasteiger partial charge in [-0.15, -0.1) is 0 Å². The molecule has 1 aliphatic carbocycles. The molecule has 0 bridgehead atoms. The second-order valence-electron chi connectivity index (χ2n) is 3.71. The molecule has 12 heavy (non-hydrogen) atoms. The summed E-state index contributed by atoms with van der Waals surface area (Å²) in [5, 5.41) is 12.1. The SMILES string of the molecule is CN(C)CCC(C#N)NC1CC1. The van der Waals surface area contributed by atoms with Gasteiger partial charge in [-0.3, -0.25) is 5.32 Å². The maximum atomic E-state index is 8.78. The molecular weight excluding hydrogens is 150 g/mol. The van der Waals surface area contributed by atoms with Crippen molar-refractivity contribution in [1.29, 1.82) is 5.26 Å². The van der Waals surface area contributed by atoms with E-state index in [1.807, 2.05) is 14.1 Å². The predicted octanol–water partition coefficient (Wildman–Crippen LogP) is 0.582. The minimum absolute atomic E-state index is 0.0555. The minimum Gasteiger partial charge on any atom is -0.309 e. The van der Waals surface area contributed by atoms with Crippen LogP contribution < -0.4 is 5.32 Å². The molecule has 0 amide bonds. The van der Waals surface area contributed by atoms with Gasteiger partial charge in [-0.25, -0.2) is 0 Å². The van der Waals surface area contributed by atoms with Crippen LogP contribution in [-0.4, -0.2) is 37.6 Å². The molecule has 1 atom stereocenters. The van der Waals surface area contributed by atoms with E-state index in [0.717, 1.165) is 13.0 Å². The molecule has 0 spiro atoms. The smallest absolute Gasteiger partial charge is 0.0967 e. The first-order valence-electron chi connectivity index (χ1n) is 4.53. The monoisotopic (exact) mass is 167 g/mol. The van der Waals surface area contributed by atoms with Crippen molar-refractivity contribution in [1.82, 2.24) is 10.2 Å². The number of hydrogen-bond donors (Lipinski definition) is 1. The maximum absolute atomic E-state index is 8.78. The molecule has 0 saturated heterocycles. The standard InChI is InChI=1S/C9H17N3/c1-12(2)6-5-9(7-10)11-8-3-4-8/h8-9,11H,3-6H2,1-2H3. The summed E-state index contributed by atoms with van der Waals surface area (Å²) in [7, 11) is 4.07. The summed E-state index contributed by atoms with van der Waals surface area (Å²) in [6.07, 6.45) is 3.43.